The molecule has 10 nitrogen and oxygen atoms in total. The molecule has 3 aromatic rings. The number of nitrogen functional groups attached to an aromatic ring is 1. The fraction of sp³-hybridized carbons (Fsp3) is 0.227. The van der Waals surface area contributed by atoms with Crippen molar-refractivity contribution in [3.8, 4) is 5.88 Å². The number of anilines is 3. The van der Waals surface area contributed by atoms with Gasteiger partial charge in [0.25, 0.3) is 0 Å². The molecule has 2 aromatic heterocycles. The number of nitrogens with zero attached hydrogens (tertiary/aromatic N) is 3. The van der Waals surface area contributed by atoms with E-state index in [2.05, 4.69) is 30.9 Å². The third kappa shape index (κ3) is 5.95. The van der Waals surface area contributed by atoms with Gasteiger partial charge in [0, 0.05) is 0 Å². The van der Waals surface area contributed by atoms with E-state index < -0.39 is 35.1 Å². The molecule has 0 aliphatic heterocycles. The summed E-state index contributed by atoms with van der Waals surface area (Å²) in [6, 6.07) is 5.26. The van der Waals surface area contributed by atoms with Gasteiger partial charge in [-0.05, 0) is 43.2 Å². The summed E-state index contributed by atoms with van der Waals surface area (Å²) in [6.45, 7) is 0.00261. The lowest BCUT2D eigenvalue weighted by molar-refractivity contribution is -0.137. The highest BCUT2D eigenvalue weighted by molar-refractivity contribution is 5.93. The van der Waals surface area contributed by atoms with Crippen LogP contribution in [0.1, 0.15) is 24.1 Å². The van der Waals surface area contributed by atoms with Crippen molar-refractivity contribution in [1.29, 1.82) is 0 Å². The van der Waals surface area contributed by atoms with Crippen molar-refractivity contribution in [3.63, 3.8) is 0 Å². The van der Waals surface area contributed by atoms with Crippen molar-refractivity contribution < 1.29 is 31.9 Å². The van der Waals surface area contributed by atoms with Crippen LogP contribution in [0.4, 0.5) is 39.5 Å². The fourth-order valence-corrected chi connectivity index (χ4v) is 3.22. The number of hydrogen-bond acceptors (Lipinski definition) is 8. The van der Waals surface area contributed by atoms with Crippen LogP contribution in [0, 0.1) is 5.82 Å². The minimum absolute atomic E-state index is 0.00261. The standard InChI is InChI=1S/C22H19F4N7O3/c23-12-1-4-16(15(7-12)22(24,25)26)31-14-3-2-13(29-9-14)8-30-19(34)21(5-6-21)33-20(35)36-18-11-28-10-17(27)32-18/h1-4,7,9-11,31H,5-6,8H2,(H2,27,32)(H,30,34)(H,33,35). The summed E-state index contributed by atoms with van der Waals surface area (Å²) in [5, 5.41) is 7.71. The highest BCUT2D eigenvalue weighted by Crippen LogP contribution is 2.37. The van der Waals surface area contributed by atoms with Crippen molar-refractivity contribution in [3.05, 3.63) is 66.0 Å². The second kappa shape index (κ2) is 9.64. The van der Waals surface area contributed by atoms with Crippen LogP contribution in [-0.2, 0) is 17.5 Å². The van der Waals surface area contributed by atoms with E-state index in [0.717, 1.165) is 12.1 Å². The number of ether oxygens (including phenoxy) is 1. The Bertz CT molecular complexity index is 1280. The molecule has 0 saturated heterocycles. The number of nitrogens with one attached hydrogen (secondary N) is 3. The van der Waals surface area contributed by atoms with Crippen molar-refractivity contribution in [2.24, 2.45) is 0 Å². The van der Waals surface area contributed by atoms with E-state index in [4.69, 9.17) is 10.5 Å². The van der Waals surface area contributed by atoms with Gasteiger partial charge in [0.05, 0.1) is 47.8 Å². The number of carbonyl (C=O) groups is 2. The Morgan fingerprint density at radius 2 is 1.89 bits per heavy atom. The molecule has 0 unspecified atom stereocenters. The lowest BCUT2D eigenvalue weighted by Crippen LogP contribution is -2.49. The van der Waals surface area contributed by atoms with Gasteiger partial charge in [-0.3, -0.25) is 14.8 Å². The molecule has 1 saturated carbocycles. The van der Waals surface area contributed by atoms with Gasteiger partial charge in [-0.25, -0.2) is 9.18 Å². The number of amides is 2. The molecule has 0 atom stereocenters. The van der Waals surface area contributed by atoms with Crippen LogP contribution in [0.2, 0.25) is 0 Å². The van der Waals surface area contributed by atoms with E-state index in [9.17, 15) is 27.2 Å². The zero-order valence-corrected chi connectivity index (χ0v) is 18.4. The van der Waals surface area contributed by atoms with Gasteiger partial charge in [-0.15, -0.1) is 0 Å². The fourth-order valence-electron chi connectivity index (χ4n) is 3.22. The third-order valence-corrected chi connectivity index (χ3v) is 5.18. The van der Waals surface area contributed by atoms with E-state index in [0.29, 0.717) is 24.6 Å². The monoisotopic (exact) mass is 505 g/mol. The molecule has 36 heavy (non-hydrogen) atoms. The smallest absolute Gasteiger partial charge is 0.389 e. The van der Waals surface area contributed by atoms with Gasteiger partial charge >= 0.3 is 12.3 Å². The molecule has 2 heterocycles. The summed E-state index contributed by atoms with van der Waals surface area (Å²) in [5.41, 5.74) is 3.51. The molecule has 14 heteroatoms. The van der Waals surface area contributed by atoms with Gasteiger partial charge in [-0.1, -0.05) is 0 Å². The van der Waals surface area contributed by atoms with Crippen LogP contribution in [0.15, 0.2) is 48.9 Å². The van der Waals surface area contributed by atoms with Crippen molar-refractivity contribution in [2.45, 2.75) is 31.1 Å². The molecule has 1 aromatic carbocycles. The van der Waals surface area contributed by atoms with Gasteiger partial charge in [0.15, 0.2) is 0 Å². The number of pyridine rings is 1. The summed E-state index contributed by atoms with van der Waals surface area (Å²) in [7, 11) is 0. The Morgan fingerprint density at radius 1 is 1.11 bits per heavy atom. The predicted molar refractivity (Wildman–Crippen MR) is 118 cm³/mol. The minimum atomic E-state index is -4.75. The Kier molecular flexibility index (Phi) is 6.59. The van der Waals surface area contributed by atoms with Gasteiger partial charge in [0.1, 0.15) is 17.2 Å². The number of hydrogen-bond donors (Lipinski definition) is 4. The first-order valence-electron chi connectivity index (χ1n) is 10.5. The van der Waals surface area contributed by atoms with Gasteiger partial charge < -0.3 is 26.4 Å². The molecule has 188 valence electrons. The number of nitrogens with two attached hydrogens (primary N) is 1. The SMILES string of the molecule is Nc1cncc(OC(=O)NC2(C(=O)NCc3ccc(Nc4ccc(F)cc4C(F)(F)F)cn3)CC2)n1. The lowest BCUT2D eigenvalue weighted by Gasteiger charge is -2.17. The second-order valence-corrected chi connectivity index (χ2v) is 7.91. The first-order valence-corrected chi connectivity index (χ1v) is 10.5. The number of carbonyl (C=O) groups excluding carboxylic acids is 2. The van der Waals surface area contributed by atoms with Gasteiger partial charge in [-0.2, -0.15) is 18.2 Å². The number of halogens is 4. The maximum atomic E-state index is 13.3. The lowest BCUT2D eigenvalue weighted by atomic mass is 10.1. The molecular weight excluding hydrogens is 486 g/mol. The Hall–Kier alpha value is -4.49. The summed E-state index contributed by atoms with van der Waals surface area (Å²) >= 11 is 0. The summed E-state index contributed by atoms with van der Waals surface area (Å²) < 4.78 is 57.8. The summed E-state index contributed by atoms with van der Waals surface area (Å²) in [6.07, 6.45) is -1.10. The predicted octanol–water partition coefficient (Wildman–Crippen LogP) is 3.29. The molecule has 1 aliphatic rings. The number of alkyl halides is 3. The molecule has 0 spiro atoms. The maximum Gasteiger partial charge on any atom is 0.418 e. The van der Waals surface area contributed by atoms with Gasteiger partial charge in [0.2, 0.25) is 11.8 Å². The summed E-state index contributed by atoms with van der Waals surface area (Å²) in [4.78, 5) is 36.4. The number of rotatable bonds is 7. The average Bonchev–Trinajstić information content (AvgIpc) is 3.59. The maximum absolute atomic E-state index is 13.3. The van der Waals surface area contributed by atoms with Crippen LogP contribution in [0.25, 0.3) is 0 Å². The van der Waals surface area contributed by atoms with Crippen LogP contribution in [0.5, 0.6) is 5.88 Å². The van der Waals surface area contributed by atoms with Crippen LogP contribution in [0.3, 0.4) is 0 Å². The third-order valence-electron chi connectivity index (χ3n) is 5.18. The topological polar surface area (TPSA) is 144 Å². The van der Waals surface area contributed by atoms with Crippen LogP contribution >= 0.6 is 0 Å². The normalized spacial score (nSPS) is 14.0. The Balaban J connectivity index is 1.32. The number of aromatic nitrogens is 3. The first-order chi connectivity index (χ1) is 17.0. The van der Waals surface area contributed by atoms with Crippen molar-refractivity contribution >= 4 is 29.2 Å². The summed E-state index contributed by atoms with van der Waals surface area (Å²) in [5.74, 6) is -1.52. The largest absolute Gasteiger partial charge is 0.418 e. The molecule has 5 N–H and O–H groups in total. The van der Waals surface area contributed by atoms with E-state index in [1.54, 1.807) is 0 Å². The molecule has 0 bridgehead atoms. The molecular formula is C22H19F4N7O3. The van der Waals surface area contributed by atoms with E-state index in [1.807, 2.05) is 0 Å². The van der Waals surface area contributed by atoms with E-state index in [1.165, 1.54) is 30.7 Å². The van der Waals surface area contributed by atoms with Crippen LogP contribution in [-0.4, -0.2) is 32.5 Å². The first kappa shape index (κ1) is 24.6. The zero-order valence-electron chi connectivity index (χ0n) is 18.4. The second-order valence-electron chi connectivity index (χ2n) is 7.91. The van der Waals surface area contributed by atoms with Crippen molar-refractivity contribution in [1.82, 2.24) is 25.6 Å². The Labute approximate surface area is 201 Å². The highest BCUT2D eigenvalue weighted by Gasteiger charge is 2.51. The molecule has 0 radical (unpaired) electrons. The molecule has 1 aliphatic carbocycles. The molecule has 2 amide bonds. The number of benzene rings is 1. The zero-order chi connectivity index (χ0) is 25.9. The molecule has 1 fully saturated rings. The molecule has 4 rings (SSSR count). The van der Waals surface area contributed by atoms with Crippen LogP contribution < -0.4 is 26.4 Å². The van der Waals surface area contributed by atoms with E-state index in [-0.39, 0.29) is 29.6 Å². The minimum Gasteiger partial charge on any atom is -0.389 e. The van der Waals surface area contributed by atoms with E-state index >= 15 is 0 Å². The van der Waals surface area contributed by atoms with Crippen molar-refractivity contribution in [2.75, 3.05) is 11.1 Å². The Morgan fingerprint density at radius 3 is 2.53 bits per heavy atom. The quantitative estimate of drug-likeness (QED) is 0.358. The highest BCUT2D eigenvalue weighted by atomic mass is 19.4. The average molecular weight is 505 g/mol.